The van der Waals surface area contributed by atoms with E-state index < -0.39 is 0 Å². The van der Waals surface area contributed by atoms with Gasteiger partial charge in [0.05, 0.1) is 11.7 Å². The standard InChI is InChI=1S/C23H30N10O2/c1-13-32-33-23(34-13)19-8-18(12-29-19)35-17-4-2-3-14(6-17)10-28-11-15(9-24)5-16-7-20(25)30-22(31-27)21(16)26/h2-4,6-7,9,11,18-19,24,28-29H,5,8,10,12,26-27H2,1H3,(H3,25,30,31)/b15-11-,24-9?/t18-,19?/m1/s1. The summed E-state index contributed by atoms with van der Waals surface area (Å²) in [6, 6.07) is 9.57. The van der Waals surface area contributed by atoms with Crippen LogP contribution in [-0.4, -0.2) is 34.0 Å². The highest BCUT2D eigenvalue weighted by Gasteiger charge is 2.30. The van der Waals surface area contributed by atoms with E-state index >= 15 is 0 Å². The van der Waals surface area contributed by atoms with E-state index in [2.05, 4.69) is 31.2 Å². The summed E-state index contributed by atoms with van der Waals surface area (Å²) in [4.78, 5) is 4.05. The molecule has 2 aromatic heterocycles. The van der Waals surface area contributed by atoms with E-state index in [9.17, 15) is 0 Å². The number of hydrazine groups is 1. The Kier molecular flexibility index (Phi) is 7.43. The SMILES string of the molecule is Cc1nnc(C2C[C@@H](Oc3cccc(CN/C=C(\C=N)Cc4cc(N)nc(NN)c4N)c3)CN2)o1. The molecule has 1 saturated heterocycles. The minimum Gasteiger partial charge on any atom is -0.489 e. The summed E-state index contributed by atoms with van der Waals surface area (Å²) in [5.74, 6) is 7.99. The predicted molar refractivity (Wildman–Crippen MR) is 134 cm³/mol. The monoisotopic (exact) mass is 478 g/mol. The highest BCUT2D eigenvalue weighted by molar-refractivity contribution is 5.78. The second-order valence-electron chi connectivity index (χ2n) is 8.28. The van der Waals surface area contributed by atoms with Crippen molar-refractivity contribution < 1.29 is 9.15 Å². The van der Waals surface area contributed by atoms with Crippen LogP contribution in [0.5, 0.6) is 5.75 Å². The Morgan fingerprint density at radius 2 is 2.17 bits per heavy atom. The molecule has 184 valence electrons. The van der Waals surface area contributed by atoms with Gasteiger partial charge in [0.1, 0.15) is 17.7 Å². The molecule has 0 bridgehead atoms. The van der Waals surface area contributed by atoms with Crippen molar-refractivity contribution in [3.05, 3.63) is 65.0 Å². The minimum absolute atomic E-state index is 0.00257. The lowest BCUT2D eigenvalue weighted by atomic mass is 10.1. The van der Waals surface area contributed by atoms with Crippen molar-refractivity contribution in [2.75, 3.05) is 23.4 Å². The number of anilines is 3. The van der Waals surface area contributed by atoms with Crippen LogP contribution in [0.15, 0.2) is 46.5 Å². The molecular formula is C23H30N10O2. The second-order valence-corrected chi connectivity index (χ2v) is 8.28. The average Bonchev–Trinajstić information content (AvgIpc) is 3.49. The quantitative estimate of drug-likeness (QED) is 0.127. The Morgan fingerprint density at radius 3 is 2.91 bits per heavy atom. The zero-order chi connectivity index (χ0) is 24.8. The number of nitrogens with two attached hydrogens (primary N) is 3. The molecule has 1 aliphatic rings. The second kappa shape index (κ2) is 10.8. The van der Waals surface area contributed by atoms with E-state index in [0.29, 0.717) is 48.6 Å². The number of nitrogens with one attached hydrogen (secondary N) is 4. The molecule has 1 fully saturated rings. The summed E-state index contributed by atoms with van der Waals surface area (Å²) in [7, 11) is 0. The summed E-state index contributed by atoms with van der Waals surface area (Å²) >= 11 is 0. The third-order valence-electron chi connectivity index (χ3n) is 5.61. The topological polar surface area (TPSA) is 199 Å². The van der Waals surface area contributed by atoms with Crippen molar-refractivity contribution >= 4 is 23.5 Å². The van der Waals surface area contributed by atoms with Crippen LogP contribution in [0.3, 0.4) is 0 Å². The first kappa shape index (κ1) is 24.0. The molecule has 35 heavy (non-hydrogen) atoms. The van der Waals surface area contributed by atoms with Gasteiger partial charge in [0.15, 0.2) is 5.82 Å². The number of ether oxygens (including phenoxy) is 1. The lowest BCUT2D eigenvalue weighted by Crippen LogP contribution is -2.20. The Hall–Kier alpha value is -4.16. The maximum absolute atomic E-state index is 7.75. The Morgan fingerprint density at radius 1 is 1.31 bits per heavy atom. The molecular weight excluding hydrogens is 448 g/mol. The van der Waals surface area contributed by atoms with Crippen molar-refractivity contribution in [2.24, 2.45) is 5.84 Å². The molecule has 0 saturated carbocycles. The van der Waals surface area contributed by atoms with Gasteiger partial charge in [0.25, 0.3) is 0 Å². The van der Waals surface area contributed by atoms with Crippen LogP contribution in [0.2, 0.25) is 0 Å². The normalized spacial score (nSPS) is 17.8. The highest BCUT2D eigenvalue weighted by atomic mass is 16.5. The molecule has 4 rings (SSSR count). The third-order valence-corrected chi connectivity index (χ3v) is 5.61. The number of aromatic nitrogens is 3. The highest BCUT2D eigenvalue weighted by Crippen LogP contribution is 2.26. The van der Waals surface area contributed by atoms with Crippen LogP contribution >= 0.6 is 0 Å². The van der Waals surface area contributed by atoms with E-state index in [4.69, 9.17) is 31.9 Å². The number of rotatable bonds is 10. The van der Waals surface area contributed by atoms with Gasteiger partial charge >= 0.3 is 0 Å². The van der Waals surface area contributed by atoms with E-state index in [1.165, 1.54) is 6.21 Å². The van der Waals surface area contributed by atoms with Crippen LogP contribution in [-0.2, 0) is 13.0 Å². The molecule has 1 unspecified atom stereocenters. The van der Waals surface area contributed by atoms with Crippen LogP contribution in [0.4, 0.5) is 17.3 Å². The lowest BCUT2D eigenvalue weighted by Gasteiger charge is -2.14. The van der Waals surface area contributed by atoms with Crippen molar-refractivity contribution in [3.63, 3.8) is 0 Å². The smallest absolute Gasteiger partial charge is 0.233 e. The van der Waals surface area contributed by atoms with Crippen LogP contribution in [0, 0.1) is 12.3 Å². The summed E-state index contributed by atoms with van der Waals surface area (Å²) < 4.78 is 11.7. The van der Waals surface area contributed by atoms with Gasteiger partial charge in [0, 0.05) is 45.3 Å². The molecule has 12 nitrogen and oxygen atoms in total. The van der Waals surface area contributed by atoms with Gasteiger partial charge in [-0.25, -0.2) is 10.8 Å². The van der Waals surface area contributed by atoms with Crippen molar-refractivity contribution in [3.8, 4) is 5.75 Å². The fraction of sp³-hybridized carbons (Fsp3) is 0.304. The van der Waals surface area contributed by atoms with Crippen LogP contribution < -0.4 is 38.1 Å². The fourth-order valence-corrected chi connectivity index (χ4v) is 3.90. The van der Waals surface area contributed by atoms with Crippen LogP contribution in [0.1, 0.15) is 35.4 Å². The molecule has 0 aliphatic carbocycles. The van der Waals surface area contributed by atoms with Gasteiger partial charge in [-0.15, -0.1) is 10.2 Å². The van der Waals surface area contributed by atoms with Gasteiger partial charge in [-0.3, -0.25) is 0 Å². The Bertz CT molecular complexity index is 1210. The molecule has 12 heteroatoms. The molecule has 3 heterocycles. The fourth-order valence-electron chi connectivity index (χ4n) is 3.90. The molecule has 0 spiro atoms. The molecule has 0 amide bonds. The number of hydrogen-bond acceptors (Lipinski definition) is 12. The minimum atomic E-state index is -0.00257. The van der Waals surface area contributed by atoms with E-state index in [1.54, 1.807) is 19.2 Å². The van der Waals surface area contributed by atoms with E-state index in [0.717, 1.165) is 28.9 Å². The number of nitrogen functional groups attached to an aromatic ring is 3. The van der Waals surface area contributed by atoms with Crippen molar-refractivity contribution in [1.82, 2.24) is 25.8 Å². The van der Waals surface area contributed by atoms with Gasteiger partial charge in [0.2, 0.25) is 11.8 Å². The average molecular weight is 479 g/mol. The summed E-state index contributed by atoms with van der Waals surface area (Å²) in [5.41, 5.74) is 17.3. The van der Waals surface area contributed by atoms with Crippen molar-refractivity contribution in [1.29, 1.82) is 5.41 Å². The van der Waals surface area contributed by atoms with Crippen LogP contribution in [0.25, 0.3) is 0 Å². The largest absolute Gasteiger partial charge is 0.489 e. The van der Waals surface area contributed by atoms with Gasteiger partial charge < -0.3 is 42.1 Å². The van der Waals surface area contributed by atoms with Gasteiger partial charge in [-0.1, -0.05) is 12.1 Å². The number of benzene rings is 1. The van der Waals surface area contributed by atoms with E-state index in [-0.39, 0.29) is 12.1 Å². The predicted octanol–water partition coefficient (Wildman–Crippen LogP) is 1.57. The first-order valence-electron chi connectivity index (χ1n) is 11.2. The molecule has 3 aromatic rings. The lowest BCUT2D eigenvalue weighted by molar-refractivity contribution is 0.217. The number of aryl methyl sites for hydroxylation is 1. The van der Waals surface area contributed by atoms with Gasteiger partial charge in [-0.2, -0.15) is 0 Å². The maximum atomic E-state index is 7.75. The summed E-state index contributed by atoms with van der Waals surface area (Å²) in [6.45, 7) is 3.04. The number of pyridine rings is 1. The zero-order valence-corrected chi connectivity index (χ0v) is 19.4. The Balaban J connectivity index is 1.33. The molecule has 1 aromatic carbocycles. The van der Waals surface area contributed by atoms with E-state index in [1.807, 2.05) is 24.3 Å². The summed E-state index contributed by atoms with van der Waals surface area (Å²) in [5, 5.41) is 22.4. The Labute approximate surface area is 202 Å². The van der Waals surface area contributed by atoms with Gasteiger partial charge in [-0.05, 0) is 34.9 Å². The number of allylic oxidation sites excluding steroid dienone is 1. The summed E-state index contributed by atoms with van der Waals surface area (Å²) in [6.07, 6.45) is 4.21. The molecule has 1 aliphatic heterocycles. The third kappa shape index (κ3) is 6.05. The molecule has 2 atom stereocenters. The number of nitrogens with zero attached hydrogens (tertiary/aromatic N) is 3. The maximum Gasteiger partial charge on any atom is 0.233 e. The molecule has 10 N–H and O–H groups in total. The first-order chi connectivity index (χ1) is 16.9. The number of hydrogen-bond donors (Lipinski definition) is 7. The van der Waals surface area contributed by atoms with Crippen molar-refractivity contribution in [2.45, 2.75) is 38.5 Å². The molecule has 0 radical (unpaired) electrons. The zero-order valence-electron chi connectivity index (χ0n) is 19.4. The first-order valence-corrected chi connectivity index (χ1v) is 11.2.